The molecule has 1 amide bonds. The zero-order chi connectivity index (χ0) is 12.1. The number of hydroxylamine groups is 1. The maximum Gasteiger partial charge on any atom is 0.274 e. The fourth-order valence-electron chi connectivity index (χ4n) is 1.35. The number of hydrogen-bond acceptors (Lipinski definition) is 3. The van der Waals surface area contributed by atoms with E-state index >= 15 is 0 Å². The maximum atomic E-state index is 11.6. The van der Waals surface area contributed by atoms with Gasteiger partial charge < -0.3 is 0 Å². The number of benzene rings is 1. The maximum absolute atomic E-state index is 11.6. The molecule has 0 saturated heterocycles. The Morgan fingerprint density at radius 3 is 2.50 bits per heavy atom. The van der Waals surface area contributed by atoms with E-state index in [4.69, 9.17) is 5.21 Å². The van der Waals surface area contributed by atoms with Crippen molar-refractivity contribution in [2.24, 2.45) is 5.92 Å². The number of ketones is 1. The van der Waals surface area contributed by atoms with Crippen LogP contribution in [0.25, 0.3) is 0 Å². The Labute approximate surface area is 94.2 Å². The highest BCUT2D eigenvalue weighted by Crippen LogP contribution is 2.12. The van der Waals surface area contributed by atoms with Gasteiger partial charge in [-0.2, -0.15) is 0 Å². The molecule has 1 aromatic carbocycles. The third-order valence-corrected chi connectivity index (χ3v) is 2.37. The van der Waals surface area contributed by atoms with Gasteiger partial charge in [0.05, 0.1) is 0 Å². The summed E-state index contributed by atoms with van der Waals surface area (Å²) in [4.78, 5) is 22.9. The molecule has 0 heterocycles. The van der Waals surface area contributed by atoms with Gasteiger partial charge in [-0.15, -0.1) is 0 Å². The van der Waals surface area contributed by atoms with E-state index in [0.717, 1.165) is 0 Å². The Morgan fingerprint density at radius 2 is 1.94 bits per heavy atom. The molecule has 0 unspecified atom stereocenters. The lowest BCUT2D eigenvalue weighted by atomic mass is 9.97. The molecule has 4 nitrogen and oxygen atoms in total. The number of carbonyl (C=O) groups is 2. The molecule has 0 spiro atoms. The average molecular weight is 221 g/mol. The van der Waals surface area contributed by atoms with Crippen molar-refractivity contribution in [2.75, 3.05) is 0 Å². The standard InChI is InChI=1S/C12H15NO3/c1-8(2)11(14)7-9-5-3-4-6-10(9)12(15)13-16/h3-6,8,16H,7H2,1-2H3,(H,13,15). The van der Waals surface area contributed by atoms with Crippen LogP contribution in [-0.2, 0) is 11.2 Å². The molecule has 0 radical (unpaired) electrons. The Morgan fingerprint density at radius 1 is 1.31 bits per heavy atom. The number of Topliss-reactive ketones (excluding diaryl/α,β-unsaturated/α-hetero) is 1. The molecule has 0 fully saturated rings. The van der Waals surface area contributed by atoms with E-state index < -0.39 is 5.91 Å². The summed E-state index contributed by atoms with van der Waals surface area (Å²) in [6.45, 7) is 3.63. The van der Waals surface area contributed by atoms with Gasteiger partial charge in [0.25, 0.3) is 5.91 Å². The van der Waals surface area contributed by atoms with E-state index in [0.29, 0.717) is 11.1 Å². The van der Waals surface area contributed by atoms with E-state index in [1.165, 1.54) is 0 Å². The Kier molecular flexibility index (Phi) is 4.19. The third-order valence-electron chi connectivity index (χ3n) is 2.37. The molecular formula is C12H15NO3. The van der Waals surface area contributed by atoms with Crippen LogP contribution in [0.2, 0.25) is 0 Å². The van der Waals surface area contributed by atoms with Crippen LogP contribution in [0.15, 0.2) is 24.3 Å². The first-order valence-electron chi connectivity index (χ1n) is 5.11. The molecule has 0 aliphatic rings. The quantitative estimate of drug-likeness (QED) is 0.599. The Balaban J connectivity index is 2.95. The van der Waals surface area contributed by atoms with Gasteiger partial charge in [0.1, 0.15) is 5.78 Å². The largest absolute Gasteiger partial charge is 0.299 e. The normalized spacial score (nSPS) is 10.2. The summed E-state index contributed by atoms with van der Waals surface area (Å²) in [6, 6.07) is 6.74. The minimum Gasteiger partial charge on any atom is -0.299 e. The van der Waals surface area contributed by atoms with Gasteiger partial charge in [-0.25, -0.2) is 5.48 Å². The zero-order valence-corrected chi connectivity index (χ0v) is 9.36. The molecule has 0 atom stereocenters. The van der Waals surface area contributed by atoms with Gasteiger partial charge in [0.15, 0.2) is 0 Å². The van der Waals surface area contributed by atoms with Crippen LogP contribution in [0.5, 0.6) is 0 Å². The predicted molar refractivity (Wildman–Crippen MR) is 59.2 cm³/mol. The van der Waals surface area contributed by atoms with Gasteiger partial charge in [-0.05, 0) is 11.6 Å². The third kappa shape index (κ3) is 2.90. The van der Waals surface area contributed by atoms with Crippen LogP contribution in [0.4, 0.5) is 0 Å². The van der Waals surface area contributed by atoms with Crippen molar-refractivity contribution >= 4 is 11.7 Å². The van der Waals surface area contributed by atoms with Crippen molar-refractivity contribution in [2.45, 2.75) is 20.3 Å². The Hall–Kier alpha value is -1.68. The van der Waals surface area contributed by atoms with Crippen molar-refractivity contribution in [1.82, 2.24) is 5.48 Å². The highest BCUT2D eigenvalue weighted by molar-refractivity contribution is 5.96. The van der Waals surface area contributed by atoms with Crippen molar-refractivity contribution < 1.29 is 14.8 Å². The summed E-state index contributed by atoms with van der Waals surface area (Å²) < 4.78 is 0. The van der Waals surface area contributed by atoms with Gasteiger partial charge in [-0.3, -0.25) is 14.8 Å². The van der Waals surface area contributed by atoms with Crippen molar-refractivity contribution in [1.29, 1.82) is 0 Å². The van der Waals surface area contributed by atoms with Crippen LogP contribution in [0, 0.1) is 5.92 Å². The summed E-state index contributed by atoms with van der Waals surface area (Å²) in [6.07, 6.45) is 0.210. The highest BCUT2D eigenvalue weighted by atomic mass is 16.5. The first-order chi connectivity index (χ1) is 7.56. The fourth-order valence-corrected chi connectivity index (χ4v) is 1.35. The van der Waals surface area contributed by atoms with E-state index in [9.17, 15) is 9.59 Å². The molecule has 0 aromatic heterocycles. The summed E-state index contributed by atoms with van der Waals surface area (Å²) in [5.74, 6) is -0.587. The first-order valence-corrected chi connectivity index (χ1v) is 5.11. The molecule has 0 saturated carbocycles. The number of amides is 1. The van der Waals surface area contributed by atoms with E-state index in [1.807, 2.05) is 13.8 Å². The van der Waals surface area contributed by atoms with Gasteiger partial charge in [-0.1, -0.05) is 32.0 Å². The second kappa shape index (κ2) is 5.42. The van der Waals surface area contributed by atoms with Crippen LogP contribution in [0.1, 0.15) is 29.8 Å². The van der Waals surface area contributed by atoms with Crippen molar-refractivity contribution in [3.8, 4) is 0 Å². The molecule has 4 heteroatoms. The smallest absolute Gasteiger partial charge is 0.274 e. The summed E-state index contributed by atoms with van der Waals surface area (Å²) in [7, 11) is 0. The zero-order valence-electron chi connectivity index (χ0n) is 9.36. The molecule has 1 rings (SSSR count). The van der Waals surface area contributed by atoms with Gasteiger partial charge in [0.2, 0.25) is 0 Å². The van der Waals surface area contributed by atoms with E-state index in [1.54, 1.807) is 29.7 Å². The van der Waals surface area contributed by atoms with Crippen molar-refractivity contribution in [3.05, 3.63) is 35.4 Å². The molecule has 0 bridgehead atoms. The first kappa shape index (κ1) is 12.4. The number of rotatable bonds is 4. The number of nitrogens with one attached hydrogen (secondary N) is 1. The lowest BCUT2D eigenvalue weighted by molar-refractivity contribution is -0.121. The SMILES string of the molecule is CC(C)C(=O)Cc1ccccc1C(=O)NO. The lowest BCUT2D eigenvalue weighted by Gasteiger charge is -2.08. The minimum absolute atomic E-state index is 0.0646. The van der Waals surface area contributed by atoms with E-state index in [2.05, 4.69) is 0 Å². The van der Waals surface area contributed by atoms with Crippen molar-refractivity contribution in [3.63, 3.8) is 0 Å². The summed E-state index contributed by atoms with van der Waals surface area (Å²) in [5, 5.41) is 8.57. The molecule has 16 heavy (non-hydrogen) atoms. The topological polar surface area (TPSA) is 66.4 Å². The minimum atomic E-state index is -0.591. The Bertz CT molecular complexity index is 399. The average Bonchev–Trinajstić information content (AvgIpc) is 2.28. The predicted octanol–water partition coefficient (Wildman–Crippen LogP) is 1.57. The van der Waals surface area contributed by atoms with Gasteiger partial charge >= 0.3 is 0 Å². The summed E-state index contributed by atoms with van der Waals surface area (Å²) in [5.41, 5.74) is 2.54. The van der Waals surface area contributed by atoms with Crippen LogP contribution in [0.3, 0.4) is 0 Å². The molecule has 0 aliphatic carbocycles. The molecular weight excluding hydrogens is 206 g/mol. The molecule has 0 aliphatic heterocycles. The van der Waals surface area contributed by atoms with Gasteiger partial charge in [0, 0.05) is 17.9 Å². The molecule has 2 N–H and O–H groups in total. The van der Waals surface area contributed by atoms with Crippen LogP contribution in [-0.4, -0.2) is 16.9 Å². The van der Waals surface area contributed by atoms with Crippen LogP contribution < -0.4 is 5.48 Å². The molecule has 86 valence electrons. The monoisotopic (exact) mass is 221 g/mol. The second-order valence-corrected chi connectivity index (χ2v) is 3.90. The molecule has 1 aromatic rings. The van der Waals surface area contributed by atoms with E-state index in [-0.39, 0.29) is 18.1 Å². The second-order valence-electron chi connectivity index (χ2n) is 3.90. The number of hydrogen-bond donors (Lipinski definition) is 2. The lowest BCUT2D eigenvalue weighted by Crippen LogP contribution is -2.21. The summed E-state index contributed by atoms with van der Waals surface area (Å²) >= 11 is 0. The highest BCUT2D eigenvalue weighted by Gasteiger charge is 2.14. The fraction of sp³-hybridized carbons (Fsp3) is 0.333. The van der Waals surface area contributed by atoms with Crippen LogP contribution >= 0.6 is 0 Å². The number of carbonyl (C=O) groups excluding carboxylic acids is 2.